The number of anilines is 5. The van der Waals surface area contributed by atoms with Crippen LogP contribution in [0.4, 0.5) is 28.4 Å². The van der Waals surface area contributed by atoms with Crippen molar-refractivity contribution < 1.29 is 13.3 Å². The molecule has 0 saturated heterocycles. The van der Waals surface area contributed by atoms with E-state index in [2.05, 4.69) is 304 Å². The van der Waals surface area contributed by atoms with E-state index >= 15 is 0 Å². The maximum Gasteiger partial charge on any atom is 0.137 e. The van der Waals surface area contributed by atoms with Gasteiger partial charge in [-0.15, -0.1) is 0 Å². The average molecular weight is 1170 g/mol. The lowest BCUT2D eigenvalue weighted by Crippen LogP contribution is -2.28. The van der Waals surface area contributed by atoms with Gasteiger partial charge >= 0.3 is 0 Å². The molecule has 0 N–H and O–H groups in total. The summed E-state index contributed by atoms with van der Waals surface area (Å²) in [7, 11) is 0. The van der Waals surface area contributed by atoms with Crippen molar-refractivity contribution in [3.63, 3.8) is 0 Å². The van der Waals surface area contributed by atoms with Crippen molar-refractivity contribution in [3.8, 4) is 33.4 Å². The monoisotopic (exact) mass is 1170 g/mol. The van der Waals surface area contributed by atoms with E-state index in [9.17, 15) is 0 Å². The molecule has 434 valence electrons. The third kappa shape index (κ3) is 7.83. The maximum absolute atomic E-state index is 6.99. The number of fused-ring (bicyclic) bond motifs is 19. The van der Waals surface area contributed by atoms with E-state index in [0.717, 1.165) is 118 Å². The van der Waals surface area contributed by atoms with E-state index in [0.29, 0.717) is 5.92 Å². The van der Waals surface area contributed by atoms with Gasteiger partial charge in [-0.2, -0.15) is 0 Å². The average Bonchev–Trinajstić information content (AvgIpc) is 1.75. The van der Waals surface area contributed by atoms with Crippen LogP contribution >= 0.6 is 0 Å². The molecule has 15 aromatic rings. The van der Waals surface area contributed by atoms with Gasteiger partial charge in [-0.1, -0.05) is 192 Å². The van der Waals surface area contributed by atoms with Crippen LogP contribution in [0.15, 0.2) is 280 Å². The Morgan fingerprint density at radius 3 is 1.57 bits per heavy atom. The van der Waals surface area contributed by atoms with Gasteiger partial charge in [-0.25, -0.2) is 0 Å². The molecule has 19 rings (SSSR count). The zero-order valence-electron chi connectivity index (χ0n) is 51.1. The Hall–Kier alpha value is -10.9. The summed E-state index contributed by atoms with van der Waals surface area (Å²) in [4.78, 5) is 4.81. The smallest absolute Gasteiger partial charge is 0.137 e. The first-order valence-electron chi connectivity index (χ1n) is 32.1. The molecule has 5 heteroatoms. The van der Waals surface area contributed by atoms with Crippen molar-refractivity contribution in [1.29, 1.82) is 0 Å². The fraction of sp³-hybridized carbons (Fsp3) is 0.116. The lowest BCUT2D eigenvalue weighted by Gasteiger charge is -2.35. The predicted octanol–water partition coefficient (Wildman–Crippen LogP) is 23.9. The largest absolute Gasteiger partial charge is 0.456 e. The second kappa shape index (κ2) is 19.3. The molecule has 0 amide bonds. The number of hydrogen-bond acceptors (Lipinski definition) is 5. The van der Waals surface area contributed by atoms with E-state index in [4.69, 9.17) is 13.3 Å². The quantitative estimate of drug-likeness (QED) is 0.152. The second-order valence-electron chi connectivity index (χ2n) is 26.7. The fourth-order valence-electron chi connectivity index (χ4n) is 16.4. The molecule has 0 fully saturated rings. The second-order valence-corrected chi connectivity index (χ2v) is 26.7. The standard InChI is InChI=1S/C86H62N2O3/c1-85(2)73-39-29-53-21-11-13-27-63(53)83(73)67-37-33-59(43-75(67)85)87(57-25-15-23-55(41-57)51-17-7-5-8-18-51)61-31-35-65-69-47-81-71(49-79(69)89-77(65)45-61)72-50-80-70(48-82(72)91-81)66-36-32-62(46-78(66)90-80)88(58-26-16-24-56(42-58)52-19-9-6-10-20-52)60-34-38-68-76(44-60)86(3,4)74-40-30-54-22-12-14-28-64(54)84(68)74/h5-13,15-27,29-50,68,76H,14,28H2,1-4H3. The molecule has 0 bridgehead atoms. The fourth-order valence-corrected chi connectivity index (χ4v) is 16.4. The first kappa shape index (κ1) is 52.1. The van der Waals surface area contributed by atoms with Crippen molar-refractivity contribution in [2.24, 2.45) is 5.92 Å². The number of allylic oxidation sites excluding steroid dienone is 4. The van der Waals surface area contributed by atoms with E-state index < -0.39 is 0 Å². The molecule has 4 aliphatic rings. The zero-order valence-corrected chi connectivity index (χ0v) is 51.1. The van der Waals surface area contributed by atoms with Crippen LogP contribution in [0.1, 0.15) is 73.4 Å². The normalized spacial score (nSPS) is 16.6. The highest BCUT2D eigenvalue weighted by molar-refractivity contribution is 6.19. The van der Waals surface area contributed by atoms with Gasteiger partial charge < -0.3 is 23.1 Å². The van der Waals surface area contributed by atoms with Crippen LogP contribution in [0.2, 0.25) is 0 Å². The van der Waals surface area contributed by atoms with Crippen LogP contribution in [0, 0.1) is 5.92 Å². The number of hydrogen-bond donors (Lipinski definition) is 0. The lowest BCUT2D eigenvalue weighted by atomic mass is 9.74. The highest BCUT2D eigenvalue weighted by Crippen LogP contribution is 2.57. The minimum atomic E-state index is -0.209. The molecule has 0 aliphatic heterocycles. The highest BCUT2D eigenvalue weighted by atomic mass is 16.3. The van der Waals surface area contributed by atoms with Crippen molar-refractivity contribution in [2.45, 2.75) is 57.3 Å². The van der Waals surface area contributed by atoms with Gasteiger partial charge in [0.1, 0.15) is 33.5 Å². The zero-order chi connectivity index (χ0) is 60.4. The van der Waals surface area contributed by atoms with E-state index in [1.807, 2.05) is 0 Å². The van der Waals surface area contributed by atoms with Gasteiger partial charge in [0.25, 0.3) is 0 Å². The summed E-state index contributed by atoms with van der Waals surface area (Å²) in [6, 6.07) is 86.3. The molecular weight excluding hydrogens is 1110 g/mol. The summed E-state index contributed by atoms with van der Waals surface area (Å²) in [5, 5.41) is 8.60. The summed E-state index contributed by atoms with van der Waals surface area (Å²) in [6.45, 7) is 9.63. The van der Waals surface area contributed by atoms with Crippen LogP contribution < -0.4 is 9.80 Å². The summed E-state index contributed by atoms with van der Waals surface area (Å²) >= 11 is 0. The number of nitrogens with zero attached hydrogens (tertiary/aromatic N) is 2. The van der Waals surface area contributed by atoms with Gasteiger partial charge in [0, 0.05) is 89.9 Å². The van der Waals surface area contributed by atoms with Crippen LogP contribution in [-0.4, -0.2) is 0 Å². The van der Waals surface area contributed by atoms with Crippen LogP contribution in [-0.2, 0) is 17.3 Å². The van der Waals surface area contributed by atoms with E-state index in [-0.39, 0.29) is 16.7 Å². The molecule has 3 aromatic heterocycles. The molecule has 5 nitrogen and oxygen atoms in total. The molecule has 0 saturated carbocycles. The van der Waals surface area contributed by atoms with E-state index in [1.54, 1.807) is 5.56 Å². The molecule has 3 heterocycles. The molecule has 2 atom stereocenters. The summed E-state index contributed by atoms with van der Waals surface area (Å²) < 4.78 is 20.8. The van der Waals surface area contributed by atoms with Crippen molar-refractivity contribution in [1.82, 2.24) is 0 Å². The summed E-state index contributed by atoms with van der Waals surface area (Å²) in [6.07, 6.45) is 14.3. The third-order valence-electron chi connectivity index (χ3n) is 21.0. The molecule has 12 aromatic carbocycles. The van der Waals surface area contributed by atoms with Crippen molar-refractivity contribution in [3.05, 3.63) is 300 Å². The summed E-state index contributed by atoms with van der Waals surface area (Å²) in [5.41, 5.74) is 26.9. The van der Waals surface area contributed by atoms with Crippen LogP contribution in [0.3, 0.4) is 0 Å². The van der Waals surface area contributed by atoms with Gasteiger partial charge in [-0.3, -0.25) is 0 Å². The number of rotatable bonds is 8. The molecule has 4 aliphatic carbocycles. The Balaban J connectivity index is 0.705. The first-order chi connectivity index (χ1) is 44.6. The topological polar surface area (TPSA) is 45.9 Å². The Morgan fingerprint density at radius 2 is 0.923 bits per heavy atom. The van der Waals surface area contributed by atoms with Gasteiger partial charge in [-0.05, 0) is 193 Å². The van der Waals surface area contributed by atoms with Crippen molar-refractivity contribution in [2.75, 3.05) is 9.80 Å². The Bertz CT molecular complexity index is 5690. The molecule has 0 radical (unpaired) electrons. The Morgan fingerprint density at radius 1 is 0.396 bits per heavy atom. The number of furan rings is 3. The van der Waals surface area contributed by atoms with Crippen molar-refractivity contribution >= 4 is 111 Å². The molecular formula is C86H62N2O3. The lowest BCUT2D eigenvalue weighted by molar-refractivity contribution is 0.392. The molecule has 91 heavy (non-hydrogen) atoms. The van der Waals surface area contributed by atoms with Crippen LogP contribution in [0.25, 0.3) is 116 Å². The maximum atomic E-state index is 6.99. The minimum Gasteiger partial charge on any atom is -0.456 e. The molecule has 0 spiro atoms. The van der Waals surface area contributed by atoms with Crippen LogP contribution in [0.5, 0.6) is 0 Å². The van der Waals surface area contributed by atoms with Gasteiger partial charge in [0.05, 0.1) is 0 Å². The Labute approximate surface area is 527 Å². The highest BCUT2D eigenvalue weighted by Gasteiger charge is 2.47. The number of benzene rings is 12. The SMILES string of the molecule is CC1(C)c2cc(N(c3cccc(-c4ccccc4)c3)c3ccc4c(c3)oc3cc5c(cc34)oc3cc4c(cc35)oc3cc(N(C5=CC6C(C=C5)c5c(ccc7c5CCC=C7)C6(C)C)c5cccc(-c6ccccc6)c5)ccc34)ccc2-c2c1ccc1ccccc21. The third-order valence-corrected chi connectivity index (χ3v) is 21.0. The summed E-state index contributed by atoms with van der Waals surface area (Å²) in [5.74, 6) is 0.602. The predicted molar refractivity (Wildman–Crippen MR) is 378 cm³/mol. The minimum absolute atomic E-state index is 0.0568. The van der Waals surface area contributed by atoms with E-state index in [1.165, 1.54) is 66.4 Å². The first-order valence-corrected chi connectivity index (χ1v) is 32.1. The van der Waals surface area contributed by atoms with Gasteiger partial charge in [0.15, 0.2) is 0 Å². The molecule has 2 unspecified atom stereocenters. The van der Waals surface area contributed by atoms with Gasteiger partial charge in [0.2, 0.25) is 0 Å². The Kier molecular flexibility index (Phi) is 11.1.